The number of ketones is 1. The first-order chi connectivity index (χ1) is 10.7. The number of carbonyl (C=O) groups excluding carboxylic acids is 2. The number of hydrogen-bond acceptors (Lipinski definition) is 3. The number of rotatable bonds is 4. The first kappa shape index (κ1) is 17.1. The molecule has 2 aromatic rings. The maximum absolute atomic E-state index is 13.4. The van der Waals surface area contributed by atoms with Gasteiger partial charge in [-0.15, -0.1) is 11.3 Å². The summed E-state index contributed by atoms with van der Waals surface area (Å²) in [5.41, 5.74) is -1.63. The van der Waals surface area contributed by atoms with E-state index in [0.717, 1.165) is 16.2 Å². The van der Waals surface area contributed by atoms with Crippen LogP contribution < -0.4 is 5.32 Å². The van der Waals surface area contributed by atoms with Gasteiger partial charge >= 0.3 is 0 Å². The van der Waals surface area contributed by atoms with E-state index in [1.165, 1.54) is 6.07 Å². The van der Waals surface area contributed by atoms with E-state index in [9.17, 15) is 31.5 Å². The molecule has 9 heteroatoms. The number of nitrogens with one attached hydrogen (secondary N) is 1. The minimum atomic E-state index is -2.36. The van der Waals surface area contributed by atoms with E-state index >= 15 is 0 Å². The van der Waals surface area contributed by atoms with Crippen LogP contribution in [0.4, 0.5) is 22.0 Å². The number of amides is 1. The lowest BCUT2D eigenvalue weighted by Crippen LogP contribution is -2.31. The standard InChI is InChI=1S/C14H8F5NO2S/c1-5-2-3-7(23-5)6(21)4-20-14(22)8-9(15)11(17)13(19)12(18)10(8)16/h2-3H,4H2,1H3,(H,20,22). The van der Waals surface area contributed by atoms with Crippen molar-refractivity contribution in [1.82, 2.24) is 5.32 Å². The van der Waals surface area contributed by atoms with Gasteiger partial charge in [0.1, 0.15) is 5.56 Å². The average molecular weight is 349 g/mol. The van der Waals surface area contributed by atoms with Gasteiger partial charge in [-0.1, -0.05) is 0 Å². The Morgan fingerprint density at radius 2 is 1.48 bits per heavy atom. The Morgan fingerprint density at radius 3 is 1.96 bits per heavy atom. The summed E-state index contributed by atoms with van der Waals surface area (Å²) < 4.78 is 65.8. The second-order valence-corrected chi connectivity index (χ2v) is 5.75. The summed E-state index contributed by atoms with van der Waals surface area (Å²) >= 11 is 1.14. The third-order valence-corrected chi connectivity index (χ3v) is 3.90. The molecule has 3 nitrogen and oxygen atoms in total. The summed E-state index contributed by atoms with van der Waals surface area (Å²) in [6, 6.07) is 3.15. The van der Waals surface area contributed by atoms with E-state index in [4.69, 9.17) is 0 Å². The van der Waals surface area contributed by atoms with Crippen LogP contribution in [0.2, 0.25) is 0 Å². The fourth-order valence-electron chi connectivity index (χ4n) is 1.72. The highest BCUT2D eigenvalue weighted by Crippen LogP contribution is 2.23. The predicted octanol–water partition coefficient (Wildman–Crippen LogP) is 3.36. The van der Waals surface area contributed by atoms with E-state index in [0.29, 0.717) is 4.88 Å². The first-order valence-electron chi connectivity index (χ1n) is 6.13. The molecule has 0 spiro atoms. The molecule has 0 aliphatic rings. The molecule has 1 N–H and O–H groups in total. The molecule has 122 valence electrons. The van der Waals surface area contributed by atoms with Gasteiger partial charge in [-0.3, -0.25) is 9.59 Å². The molecule has 0 fully saturated rings. The van der Waals surface area contributed by atoms with Gasteiger partial charge in [0.2, 0.25) is 5.82 Å². The zero-order valence-corrected chi connectivity index (χ0v) is 12.3. The molecule has 0 radical (unpaired) electrons. The smallest absolute Gasteiger partial charge is 0.257 e. The van der Waals surface area contributed by atoms with Crippen molar-refractivity contribution in [3.8, 4) is 0 Å². The van der Waals surface area contributed by atoms with Gasteiger partial charge < -0.3 is 5.32 Å². The highest BCUT2D eigenvalue weighted by Gasteiger charge is 2.29. The van der Waals surface area contributed by atoms with Crippen molar-refractivity contribution in [2.24, 2.45) is 0 Å². The summed E-state index contributed by atoms with van der Waals surface area (Å²) in [6.07, 6.45) is 0. The minimum Gasteiger partial charge on any atom is -0.344 e. The summed E-state index contributed by atoms with van der Waals surface area (Å²) in [5.74, 6) is -13.4. The molecule has 0 aliphatic heterocycles. The molecule has 0 aliphatic carbocycles. The van der Waals surface area contributed by atoms with Crippen molar-refractivity contribution in [3.05, 3.63) is 56.5 Å². The van der Waals surface area contributed by atoms with Gasteiger partial charge in [0.15, 0.2) is 29.1 Å². The van der Waals surface area contributed by atoms with Crippen LogP contribution in [0, 0.1) is 36.0 Å². The molecule has 2 rings (SSSR count). The molecule has 0 bridgehead atoms. The average Bonchev–Trinajstić information content (AvgIpc) is 2.95. The van der Waals surface area contributed by atoms with Crippen LogP contribution in [0.1, 0.15) is 24.9 Å². The number of thiophene rings is 1. The van der Waals surface area contributed by atoms with Crippen molar-refractivity contribution in [2.75, 3.05) is 6.54 Å². The van der Waals surface area contributed by atoms with Crippen LogP contribution in [0.5, 0.6) is 0 Å². The molecule has 0 saturated carbocycles. The summed E-state index contributed by atoms with van der Waals surface area (Å²) in [4.78, 5) is 24.5. The molecule has 0 saturated heterocycles. The molecule has 1 aromatic heterocycles. The monoisotopic (exact) mass is 349 g/mol. The molecule has 1 amide bonds. The van der Waals surface area contributed by atoms with Crippen molar-refractivity contribution in [2.45, 2.75) is 6.92 Å². The first-order valence-corrected chi connectivity index (χ1v) is 6.95. The van der Waals surface area contributed by atoms with E-state index in [-0.39, 0.29) is 0 Å². The highest BCUT2D eigenvalue weighted by atomic mass is 32.1. The number of hydrogen-bond donors (Lipinski definition) is 1. The van der Waals surface area contributed by atoms with E-state index in [1.807, 2.05) is 5.32 Å². The lowest BCUT2D eigenvalue weighted by Gasteiger charge is -2.08. The topological polar surface area (TPSA) is 46.2 Å². The Bertz CT molecular complexity index is 774. The van der Waals surface area contributed by atoms with Gasteiger partial charge in [0.05, 0.1) is 11.4 Å². The third-order valence-electron chi connectivity index (χ3n) is 2.86. The van der Waals surface area contributed by atoms with Gasteiger partial charge in [-0.25, -0.2) is 22.0 Å². The molecular formula is C14H8F5NO2S. The molecule has 0 atom stereocenters. The number of Topliss-reactive ketones (excluding diaryl/α,β-unsaturated/α-hetero) is 1. The number of carbonyl (C=O) groups is 2. The highest BCUT2D eigenvalue weighted by molar-refractivity contribution is 7.14. The second-order valence-electron chi connectivity index (χ2n) is 4.46. The lowest BCUT2D eigenvalue weighted by molar-refractivity contribution is 0.0897. The molecule has 23 heavy (non-hydrogen) atoms. The number of halogens is 5. The van der Waals surface area contributed by atoms with Crippen molar-refractivity contribution >= 4 is 23.0 Å². The molecular weight excluding hydrogens is 341 g/mol. The molecule has 1 aromatic carbocycles. The Kier molecular flexibility index (Phi) is 4.79. The minimum absolute atomic E-state index is 0.292. The van der Waals surface area contributed by atoms with Crippen LogP contribution in [0.3, 0.4) is 0 Å². The Morgan fingerprint density at radius 1 is 0.957 bits per heavy atom. The van der Waals surface area contributed by atoms with E-state index < -0.39 is 52.9 Å². The second kappa shape index (κ2) is 6.45. The van der Waals surface area contributed by atoms with E-state index in [2.05, 4.69) is 0 Å². The van der Waals surface area contributed by atoms with Crippen LogP contribution in [-0.4, -0.2) is 18.2 Å². The summed E-state index contributed by atoms with van der Waals surface area (Å²) in [5, 5.41) is 1.84. The van der Waals surface area contributed by atoms with Gasteiger partial charge in [-0.2, -0.15) is 0 Å². The SMILES string of the molecule is Cc1ccc(C(=O)CNC(=O)c2c(F)c(F)c(F)c(F)c2F)s1. The van der Waals surface area contributed by atoms with Crippen LogP contribution in [0.15, 0.2) is 12.1 Å². The fourth-order valence-corrected chi connectivity index (χ4v) is 2.53. The predicted molar refractivity (Wildman–Crippen MR) is 72.0 cm³/mol. The van der Waals surface area contributed by atoms with Crippen LogP contribution in [0.25, 0.3) is 0 Å². The number of benzene rings is 1. The molecule has 1 heterocycles. The zero-order chi connectivity index (χ0) is 17.3. The van der Waals surface area contributed by atoms with Crippen molar-refractivity contribution < 1.29 is 31.5 Å². The van der Waals surface area contributed by atoms with Gasteiger partial charge in [-0.05, 0) is 19.1 Å². The Balaban J connectivity index is 2.20. The van der Waals surface area contributed by atoms with Crippen molar-refractivity contribution in [1.29, 1.82) is 0 Å². The van der Waals surface area contributed by atoms with Crippen LogP contribution >= 0.6 is 11.3 Å². The van der Waals surface area contributed by atoms with E-state index in [1.54, 1.807) is 13.0 Å². The zero-order valence-electron chi connectivity index (χ0n) is 11.5. The Labute approximate surface area is 130 Å². The summed E-state index contributed by atoms with van der Waals surface area (Å²) in [6.45, 7) is 1.10. The number of aryl methyl sites for hydroxylation is 1. The largest absolute Gasteiger partial charge is 0.344 e. The Hall–Kier alpha value is -2.29. The lowest BCUT2D eigenvalue weighted by atomic mass is 10.1. The fraction of sp³-hybridized carbons (Fsp3) is 0.143. The van der Waals surface area contributed by atoms with Gasteiger partial charge in [0, 0.05) is 4.88 Å². The third kappa shape index (κ3) is 3.24. The molecule has 0 unspecified atom stereocenters. The van der Waals surface area contributed by atoms with Crippen LogP contribution in [-0.2, 0) is 0 Å². The van der Waals surface area contributed by atoms with Crippen molar-refractivity contribution in [3.63, 3.8) is 0 Å². The maximum atomic E-state index is 13.4. The van der Waals surface area contributed by atoms with Gasteiger partial charge in [0.25, 0.3) is 5.91 Å². The maximum Gasteiger partial charge on any atom is 0.257 e. The summed E-state index contributed by atoms with van der Waals surface area (Å²) in [7, 11) is 0. The quantitative estimate of drug-likeness (QED) is 0.398. The normalized spacial score (nSPS) is 10.7.